The largest absolute Gasteiger partial charge is 0.374 e. The minimum absolute atomic E-state index is 0.259. The number of ether oxygens (including phenoxy) is 1. The van der Waals surface area contributed by atoms with Crippen molar-refractivity contribution in [3.05, 3.63) is 0 Å². The zero-order chi connectivity index (χ0) is 9.90. The van der Waals surface area contributed by atoms with Gasteiger partial charge in [-0.05, 0) is 40.0 Å². The summed E-state index contributed by atoms with van der Waals surface area (Å²) >= 11 is 0. The molecule has 0 amide bonds. The molecule has 13 heavy (non-hydrogen) atoms. The molecule has 2 atom stereocenters. The Hall–Kier alpha value is -0.0800. The lowest BCUT2D eigenvalue weighted by molar-refractivity contribution is 0.0515. The molecule has 78 valence electrons. The Labute approximate surface area is 82.0 Å². The molecule has 0 bridgehead atoms. The van der Waals surface area contributed by atoms with Crippen LogP contribution < -0.4 is 5.32 Å². The first-order chi connectivity index (χ1) is 6.03. The molecule has 0 aromatic carbocycles. The van der Waals surface area contributed by atoms with E-state index in [4.69, 9.17) is 4.74 Å². The summed E-state index contributed by atoms with van der Waals surface area (Å²) in [7, 11) is 0. The summed E-state index contributed by atoms with van der Waals surface area (Å²) in [6.07, 6.45) is 4.51. The predicted octanol–water partition coefficient (Wildman–Crippen LogP) is 2.33. The zero-order valence-electron chi connectivity index (χ0n) is 9.39. The smallest absolute Gasteiger partial charge is 0.0704 e. The fourth-order valence-electron chi connectivity index (χ4n) is 1.55. The molecule has 1 N–H and O–H groups in total. The van der Waals surface area contributed by atoms with Crippen LogP contribution in [0.5, 0.6) is 0 Å². The van der Waals surface area contributed by atoms with Crippen LogP contribution in [-0.4, -0.2) is 24.3 Å². The molecular formula is C11H23NO. The average Bonchev–Trinajstić information content (AvgIpc) is 2.48. The maximum Gasteiger partial charge on any atom is 0.0704 e. The van der Waals surface area contributed by atoms with E-state index >= 15 is 0 Å². The predicted molar refractivity (Wildman–Crippen MR) is 55.9 cm³/mol. The Balaban J connectivity index is 2.19. The summed E-state index contributed by atoms with van der Waals surface area (Å²) in [6.45, 7) is 9.86. The molecule has 2 heteroatoms. The third kappa shape index (κ3) is 3.65. The topological polar surface area (TPSA) is 21.3 Å². The van der Waals surface area contributed by atoms with Crippen molar-refractivity contribution < 1.29 is 4.74 Å². The number of rotatable bonds is 4. The average molecular weight is 185 g/mol. The lowest BCUT2D eigenvalue weighted by atomic mass is 10.0. The third-order valence-electron chi connectivity index (χ3n) is 3.01. The van der Waals surface area contributed by atoms with Gasteiger partial charge >= 0.3 is 0 Å². The van der Waals surface area contributed by atoms with Crippen molar-refractivity contribution in [3.63, 3.8) is 0 Å². The van der Waals surface area contributed by atoms with Gasteiger partial charge in [0.2, 0.25) is 0 Å². The van der Waals surface area contributed by atoms with Gasteiger partial charge in [-0.2, -0.15) is 0 Å². The molecule has 0 saturated carbocycles. The van der Waals surface area contributed by atoms with E-state index in [1.54, 1.807) is 0 Å². The highest BCUT2D eigenvalue weighted by Crippen LogP contribution is 2.19. The van der Waals surface area contributed by atoms with E-state index in [2.05, 4.69) is 33.0 Å². The molecule has 1 aliphatic rings. The summed E-state index contributed by atoms with van der Waals surface area (Å²) in [6, 6.07) is 0. The van der Waals surface area contributed by atoms with Crippen molar-refractivity contribution in [1.29, 1.82) is 0 Å². The number of hydrogen-bond acceptors (Lipinski definition) is 2. The van der Waals surface area contributed by atoms with E-state index < -0.39 is 0 Å². The molecule has 1 rings (SSSR count). The lowest BCUT2D eigenvalue weighted by Crippen LogP contribution is -2.42. The fourth-order valence-corrected chi connectivity index (χ4v) is 1.55. The molecule has 1 aliphatic heterocycles. The molecule has 0 aromatic rings. The van der Waals surface area contributed by atoms with Crippen molar-refractivity contribution >= 4 is 0 Å². The van der Waals surface area contributed by atoms with Gasteiger partial charge in [0.1, 0.15) is 0 Å². The van der Waals surface area contributed by atoms with Crippen molar-refractivity contribution in [1.82, 2.24) is 5.32 Å². The second-order valence-corrected chi connectivity index (χ2v) is 4.76. The van der Waals surface area contributed by atoms with Gasteiger partial charge in [0, 0.05) is 12.1 Å². The molecule has 0 aliphatic carbocycles. The molecule has 2 unspecified atom stereocenters. The van der Waals surface area contributed by atoms with Crippen LogP contribution in [0.1, 0.15) is 47.0 Å². The second-order valence-electron chi connectivity index (χ2n) is 4.76. The summed E-state index contributed by atoms with van der Waals surface area (Å²) in [5.74, 6) is 0. The van der Waals surface area contributed by atoms with Crippen LogP contribution in [0.4, 0.5) is 0 Å². The fraction of sp³-hybridized carbons (Fsp3) is 1.00. The van der Waals surface area contributed by atoms with Crippen LogP contribution in [0.15, 0.2) is 0 Å². The van der Waals surface area contributed by atoms with Gasteiger partial charge < -0.3 is 10.1 Å². The number of nitrogens with one attached hydrogen (secondary N) is 1. The molecule has 0 spiro atoms. The number of hydrogen-bond donors (Lipinski definition) is 1. The van der Waals surface area contributed by atoms with Crippen LogP contribution in [-0.2, 0) is 4.74 Å². The molecule has 1 saturated heterocycles. The zero-order valence-corrected chi connectivity index (χ0v) is 9.39. The Morgan fingerprint density at radius 2 is 2.08 bits per heavy atom. The van der Waals surface area contributed by atoms with Crippen LogP contribution >= 0.6 is 0 Å². The monoisotopic (exact) mass is 185 g/mol. The van der Waals surface area contributed by atoms with Gasteiger partial charge in [0.05, 0.1) is 12.2 Å². The van der Waals surface area contributed by atoms with Crippen molar-refractivity contribution in [2.24, 2.45) is 0 Å². The highest BCUT2D eigenvalue weighted by atomic mass is 16.5. The van der Waals surface area contributed by atoms with Crippen LogP contribution in [0.25, 0.3) is 0 Å². The highest BCUT2D eigenvalue weighted by molar-refractivity contribution is 4.80. The van der Waals surface area contributed by atoms with E-state index in [1.165, 1.54) is 12.8 Å². The van der Waals surface area contributed by atoms with E-state index in [-0.39, 0.29) is 5.54 Å². The Bertz CT molecular complexity index is 156. The maximum absolute atomic E-state index is 5.74. The molecule has 0 aromatic heterocycles. The molecule has 1 fully saturated rings. The normalized spacial score (nSPS) is 29.5. The maximum atomic E-state index is 5.74. The van der Waals surface area contributed by atoms with Gasteiger partial charge in [0.25, 0.3) is 0 Å². The summed E-state index contributed by atoms with van der Waals surface area (Å²) in [4.78, 5) is 0. The third-order valence-corrected chi connectivity index (χ3v) is 3.01. The molecular weight excluding hydrogens is 162 g/mol. The van der Waals surface area contributed by atoms with E-state index in [1.807, 2.05) is 0 Å². The SMILES string of the molecule is CCC(C)(C)NCC1CCC(C)O1. The van der Waals surface area contributed by atoms with Crippen LogP contribution in [0.3, 0.4) is 0 Å². The minimum atomic E-state index is 0.259. The summed E-state index contributed by atoms with van der Waals surface area (Å²) in [5, 5.41) is 3.55. The van der Waals surface area contributed by atoms with E-state index in [0.29, 0.717) is 12.2 Å². The first-order valence-corrected chi connectivity index (χ1v) is 5.44. The standard InChI is InChI=1S/C11H23NO/c1-5-11(3,4)12-8-10-7-6-9(2)13-10/h9-10,12H,5-8H2,1-4H3. The lowest BCUT2D eigenvalue weighted by Gasteiger charge is -2.26. The Morgan fingerprint density at radius 1 is 1.38 bits per heavy atom. The summed E-state index contributed by atoms with van der Waals surface area (Å²) < 4.78 is 5.74. The quantitative estimate of drug-likeness (QED) is 0.726. The molecule has 0 radical (unpaired) electrons. The minimum Gasteiger partial charge on any atom is -0.374 e. The van der Waals surface area contributed by atoms with Crippen molar-refractivity contribution in [2.45, 2.75) is 64.7 Å². The molecule has 1 heterocycles. The first-order valence-electron chi connectivity index (χ1n) is 5.44. The van der Waals surface area contributed by atoms with E-state index in [9.17, 15) is 0 Å². The van der Waals surface area contributed by atoms with Crippen molar-refractivity contribution in [2.75, 3.05) is 6.54 Å². The van der Waals surface area contributed by atoms with Crippen LogP contribution in [0.2, 0.25) is 0 Å². The van der Waals surface area contributed by atoms with Gasteiger partial charge in [-0.25, -0.2) is 0 Å². The van der Waals surface area contributed by atoms with Gasteiger partial charge in [-0.1, -0.05) is 6.92 Å². The second kappa shape index (κ2) is 4.43. The van der Waals surface area contributed by atoms with Gasteiger partial charge in [-0.15, -0.1) is 0 Å². The summed E-state index contributed by atoms with van der Waals surface area (Å²) in [5.41, 5.74) is 0.259. The Kier molecular flexibility index (Phi) is 3.74. The highest BCUT2D eigenvalue weighted by Gasteiger charge is 2.23. The van der Waals surface area contributed by atoms with E-state index in [0.717, 1.165) is 13.0 Å². The van der Waals surface area contributed by atoms with Crippen LogP contribution in [0, 0.1) is 0 Å². The first kappa shape index (κ1) is 11.0. The van der Waals surface area contributed by atoms with Gasteiger partial charge in [0.15, 0.2) is 0 Å². The van der Waals surface area contributed by atoms with Crippen molar-refractivity contribution in [3.8, 4) is 0 Å². The molecule has 2 nitrogen and oxygen atoms in total. The Morgan fingerprint density at radius 3 is 2.54 bits per heavy atom. The van der Waals surface area contributed by atoms with Gasteiger partial charge in [-0.3, -0.25) is 0 Å².